The summed E-state index contributed by atoms with van der Waals surface area (Å²) in [6.45, 7) is 1.91. The molecule has 4 rings (SSSR count). The smallest absolute Gasteiger partial charge is 0.236 e. The molecule has 0 radical (unpaired) electrons. The summed E-state index contributed by atoms with van der Waals surface area (Å²) in [5.41, 5.74) is 9.28. The van der Waals surface area contributed by atoms with Crippen molar-refractivity contribution in [1.82, 2.24) is 10.2 Å². The van der Waals surface area contributed by atoms with E-state index in [0.29, 0.717) is 24.6 Å². The maximum absolute atomic E-state index is 9.75. The van der Waals surface area contributed by atoms with E-state index in [2.05, 4.69) is 28.4 Å². The third kappa shape index (κ3) is 3.69. The van der Waals surface area contributed by atoms with Gasteiger partial charge in [-0.25, -0.2) is 0 Å². The third-order valence-corrected chi connectivity index (χ3v) is 5.59. The lowest BCUT2D eigenvalue weighted by molar-refractivity contribution is 0.315. The van der Waals surface area contributed by atoms with Crippen molar-refractivity contribution in [3.05, 3.63) is 83.1 Å². The van der Waals surface area contributed by atoms with Crippen LogP contribution in [0, 0.1) is 17.2 Å². The molecular formula is C23H24N4O. The Hall–Kier alpha value is -2.97. The van der Waals surface area contributed by atoms with E-state index in [0.717, 1.165) is 24.0 Å². The maximum Gasteiger partial charge on any atom is 0.236 e. The molecule has 0 amide bonds. The van der Waals surface area contributed by atoms with Gasteiger partial charge in [0.2, 0.25) is 11.8 Å². The van der Waals surface area contributed by atoms with Crippen LogP contribution in [0.1, 0.15) is 47.7 Å². The Kier molecular flexibility index (Phi) is 4.97. The Labute approximate surface area is 165 Å². The summed E-state index contributed by atoms with van der Waals surface area (Å²) in [7, 11) is 0. The monoisotopic (exact) mass is 372 g/mol. The highest BCUT2D eigenvalue weighted by atomic mass is 16.4. The molecule has 28 heavy (non-hydrogen) atoms. The lowest BCUT2D eigenvalue weighted by Gasteiger charge is -2.28. The average Bonchev–Trinajstić information content (AvgIpc) is 3.18. The maximum atomic E-state index is 9.75. The normalized spacial score (nSPS) is 20.8. The lowest BCUT2D eigenvalue weighted by atomic mass is 9.74. The molecule has 1 heterocycles. The van der Waals surface area contributed by atoms with Crippen molar-refractivity contribution in [3.63, 3.8) is 0 Å². The minimum Gasteiger partial charge on any atom is -0.423 e. The van der Waals surface area contributed by atoms with Crippen LogP contribution in [-0.4, -0.2) is 10.2 Å². The molecule has 5 nitrogen and oxygen atoms in total. The average molecular weight is 372 g/mol. The third-order valence-electron chi connectivity index (χ3n) is 5.59. The van der Waals surface area contributed by atoms with Crippen molar-refractivity contribution >= 4 is 0 Å². The van der Waals surface area contributed by atoms with Crippen LogP contribution in [0.3, 0.4) is 0 Å². The molecule has 3 atom stereocenters. The molecule has 2 aromatic carbocycles. The quantitative estimate of drug-likeness (QED) is 0.734. The number of aromatic nitrogens is 2. The van der Waals surface area contributed by atoms with Crippen molar-refractivity contribution in [2.45, 2.75) is 44.1 Å². The van der Waals surface area contributed by atoms with Crippen molar-refractivity contribution in [2.24, 2.45) is 11.7 Å². The summed E-state index contributed by atoms with van der Waals surface area (Å²) in [6, 6.07) is 20.7. The van der Waals surface area contributed by atoms with Gasteiger partial charge in [-0.05, 0) is 48.8 Å². The molecule has 0 aliphatic heterocycles. The number of fused-ring (bicyclic) bond motifs is 1. The second-order valence-electron chi connectivity index (χ2n) is 7.89. The summed E-state index contributed by atoms with van der Waals surface area (Å²) in [4.78, 5) is 0. The molecular weight excluding hydrogens is 348 g/mol. The van der Waals surface area contributed by atoms with E-state index in [-0.39, 0.29) is 11.8 Å². The first kappa shape index (κ1) is 18.4. The molecule has 1 aliphatic rings. The van der Waals surface area contributed by atoms with Gasteiger partial charge in [-0.3, -0.25) is 0 Å². The van der Waals surface area contributed by atoms with Crippen molar-refractivity contribution in [3.8, 4) is 6.07 Å². The first-order chi connectivity index (χ1) is 13.6. The van der Waals surface area contributed by atoms with Crippen LogP contribution in [0.25, 0.3) is 0 Å². The number of benzene rings is 2. The fourth-order valence-electron chi connectivity index (χ4n) is 4.11. The molecule has 2 N–H and O–H groups in total. The summed E-state index contributed by atoms with van der Waals surface area (Å²) in [5.74, 6) is 1.03. The highest BCUT2D eigenvalue weighted by Gasteiger charge is 2.33. The number of rotatable bonds is 5. The Morgan fingerprint density at radius 2 is 1.89 bits per heavy atom. The van der Waals surface area contributed by atoms with Gasteiger partial charge < -0.3 is 10.2 Å². The molecule has 5 heteroatoms. The van der Waals surface area contributed by atoms with E-state index in [1.807, 2.05) is 49.4 Å². The van der Waals surface area contributed by atoms with E-state index in [9.17, 15) is 5.26 Å². The van der Waals surface area contributed by atoms with Crippen LogP contribution in [0.4, 0.5) is 0 Å². The number of hydrogen-bond donors (Lipinski definition) is 1. The highest BCUT2D eigenvalue weighted by molar-refractivity contribution is 5.37. The number of nitriles is 1. The lowest BCUT2D eigenvalue weighted by Crippen LogP contribution is -2.35. The van der Waals surface area contributed by atoms with E-state index in [1.165, 1.54) is 5.56 Å². The zero-order valence-corrected chi connectivity index (χ0v) is 16.0. The molecule has 0 fully saturated rings. The van der Waals surface area contributed by atoms with Crippen LogP contribution >= 0.6 is 0 Å². The molecule has 0 saturated heterocycles. The first-order valence-electron chi connectivity index (χ1n) is 9.70. The molecule has 0 spiro atoms. The molecule has 3 aromatic rings. The Bertz CT molecular complexity index is 987. The molecule has 1 aliphatic carbocycles. The van der Waals surface area contributed by atoms with Gasteiger partial charge in [0.05, 0.1) is 17.5 Å². The second-order valence-corrected chi connectivity index (χ2v) is 7.89. The van der Waals surface area contributed by atoms with Gasteiger partial charge in [0.15, 0.2) is 0 Å². The van der Waals surface area contributed by atoms with Gasteiger partial charge in [-0.2, -0.15) is 5.26 Å². The van der Waals surface area contributed by atoms with Gasteiger partial charge in [0, 0.05) is 6.42 Å². The number of hydrogen-bond acceptors (Lipinski definition) is 5. The summed E-state index contributed by atoms with van der Waals surface area (Å²) in [5, 5.41) is 18.2. The zero-order valence-electron chi connectivity index (χ0n) is 16.0. The SMILES string of the molecule is C[C@@](N)(Cc1ccccc1)c1nnc(CC2CCc3ccccc3C2C#N)o1. The van der Waals surface area contributed by atoms with Crippen molar-refractivity contribution in [1.29, 1.82) is 5.26 Å². The molecule has 0 bridgehead atoms. The summed E-state index contributed by atoms with van der Waals surface area (Å²) < 4.78 is 5.95. The molecule has 0 saturated carbocycles. The Morgan fingerprint density at radius 3 is 2.68 bits per heavy atom. The molecule has 2 unspecified atom stereocenters. The van der Waals surface area contributed by atoms with E-state index in [1.54, 1.807) is 0 Å². The van der Waals surface area contributed by atoms with Gasteiger partial charge >= 0.3 is 0 Å². The summed E-state index contributed by atoms with van der Waals surface area (Å²) in [6.07, 6.45) is 3.13. The van der Waals surface area contributed by atoms with Crippen LogP contribution in [0.2, 0.25) is 0 Å². The summed E-state index contributed by atoms with van der Waals surface area (Å²) >= 11 is 0. The van der Waals surface area contributed by atoms with Gasteiger partial charge in [-0.15, -0.1) is 10.2 Å². The van der Waals surface area contributed by atoms with Crippen molar-refractivity contribution in [2.75, 3.05) is 0 Å². The number of nitrogens with zero attached hydrogens (tertiary/aromatic N) is 3. The van der Waals surface area contributed by atoms with Crippen molar-refractivity contribution < 1.29 is 4.42 Å². The van der Waals surface area contributed by atoms with Gasteiger partial charge in [0.1, 0.15) is 0 Å². The zero-order chi connectivity index (χ0) is 19.6. The van der Waals surface area contributed by atoms with Crippen LogP contribution < -0.4 is 5.73 Å². The fourth-order valence-corrected chi connectivity index (χ4v) is 4.11. The second kappa shape index (κ2) is 7.57. The fraction of sp³-hybridized carbons (Fsp3) is 0.348. The molecule has 142 valence electrons. The van der Waals surface area contributed by atoms with E-state index >= 15 is 0 Å². The van der Waals surface area contributed by atoms with Crippen LogP contribution in [0.15, 0.2) is 59.0 Å². The van der Waals surface area contributed by atoms with E-state index < -0.39 is 5.54 Å². The standard InChI is InChI=1S/C23H24N4O/c1-23(25,14-16-7-3-2-4-8-16)22-27-26-21(28-22)13-18-12-11-17-9-5-6-10-19(17)20(18)15-24/h2-10,18,20H,11-14,25H2,1H3/t18?,20?,23-/m1/s1. The van der Waals surface area contributed by atoms with Crippen LogP contribution in [-0.2, 0) is 24.8 Å². The highest BCUT2D eigenvalue weighted by Crippen LogP contribution is 2.37. The van der Waals surface area contributed by atoms with Crippen LogP contribution in [0.5, 0.6) is 0 Å². The Morgan fingerprint density at radius 1 is 1.14 bits per heavy atom. The predicted octanol–water partition coefficient (Wildman–Crippen LogP) is 3.90. The topological polar surface area (TPSA) is 88.7 Å². The van der Waals surface area contributed by atoms with Gasteiger partial charge in [-0.1, -0.05) is 54.6 Å². The first-order valence-corrected chi connectivity index (χ1v) is 9.70. The Balaban J connectivity index is 1.50. The van der Waals surface area contributed by atoms with E-state index in [4.69, 9.17) is 10.2 Å². The van der Waals surface area contributed by atoms with Gasteiger partial charge in [0.25, 0.3) is 0 Å². The number of nitrogens with two attached hydrogens (primary N) is 1. The molecule has 1 aromatic heterocycles. The largest absolute Gasteiger partial charge is 0.423 e. The minimum atomic E-state index is -0.736. The number of aryl methyl sites for hydroxylation is 1. The minimum absolute atomic E-state index is 0.145. The predicted molar refractivity (Wildman–Crippen MR) is 106 cm³/mol.